The van der Waals surface area contributed by atoms with Gasteiger partial charge < -0.3 is 14.8 Å². The van der Waals surface area contributed by atoms with E-state index in [1.807, 2.05) is 13.0 Å². The van der Waals surface area contributed by atoms with Crippen LogP contribution in [0.5, 0.6) is 0 Å². The lowest BCUT2D eigenvalue weighted by Gasteiger charge is -2.39. The van der Waals surface area contributed by atoms with E-state index in [0.717, 1.165) is 6.20 Å². The number of aryl methyl sites for hydroxylation is 1. The van der Waals surface area contributed by atoms with Crippen molar-refractivity contribution in [2.45, 2.75) is 19.9 Å². The van der Waals surface area contributed by atoms with Crippen molar-refractivity contribution in [1.29, 1.82) is 0 Å². The van der Waals surface area contributed by atoms with Gasteiger partial charge in [-0.3, -0.25) is 14.4 Å². The molecule has 178 valence electrons. The quantitative estimate of drug-likeness (QED) is 0.357. The molecule has 0 saturated carbocycles. The predicted octanol–water partition coefficient (Wildman–Crippen LogP) is 2.15. The molecule has 4 aromatic rings. The van der Waals surface area contributed by atoms with E-state index < -0.39 is 17.5 Å². The molecule has 1 N–H and O–H groups in total. The highest BCUT2D eigenvalue weighted by molar-refractivity contribution is 6.45. The van der Waals surface area contributed by atoms with Crippen LogP contribution in [0, 0.1) is 12.7 Å². The number of nitrogens with one attached hydrogen (secondary N) is 1. The van der Waals surface area contributed by atoms with E-state index in [-0.39, 0.29) is 53.9 Å². The number of benzene rings is 1. The summed E-state index contributed by atoms with van der Waals surface area (Å²) in [6.07, 6.45) is 3.72. The molecule has 3 aromatic heterocycles. The van der Waals surface area contributed by atoms with Crippen molar-refractivity contribution >= 4 is 28.5 Å². The average molecular weight is 475 g/mol. The number of piperazine rings is 1. The van der Waals surface area contributed by atoms with E-state index in [4.69, 9.17) is 0 Å². The summed E-state index contributed by atoms with van der Waals surface area (Å²) in [4.78, 5) is 53.1. The van der Waals surface area contributed by atoms with Gasteiger partial charge in [0, 0.05) is 37.4 Å². The minimum atomic E-state index is -0.836. The number of hydrogen-bond acceptors (Lipinski definition) is 6. The highest BCUT2D eigenvalue weighted by Gasteiger charge is 2.34. The first-order valence-corrected chi connectivity index (χ1v) is 11.1. The zero-order valence-electron chi connectivity index (χ0n) is 19.1. The van der Waals surface area contributed by atoms with Crippen LogP contribution in [0.4, 0.5) is 4.39 Å². The largest absolute Gasteiger partial charge is 0.357 e. The second kappa shape index (κ2) is 8.75. The van der Waals surface area contributed by atoms with Crippen molar-refractivity contribution in [2.24, 2.45) is 0 Å². The lowest BCUT2D eigenvalue weighted by molar-refractivity contribution is -0.128. The van der Waals surface area contributed by atoms with E-state index in [1.165, 1.54) is 22.1 Å². The zero-order chi connectivity index (χ0) is 24.7. The van der Waals surface area contributed by atoms with Gasteiger partial charge in [-0.05, 0) is 26.0 Å². The number of aromatic nitrogens is 5. The van der Waals surface area contributed by atoms with E-state index in [9.17, 15) is 18.8 Å². The number of carbonyl (C=O) groups excluding carboxylic acids is 3. The molecule has 1 aromatic carbocycles. The van der Waals surface area contributed by atoms with Gasteiger partial charge in [0.1, 0.15) is 12.2 Å². The van der Waals surface area contributed by atoms with Crippen molar-refractivity contribution in [3.05, 3.63) is 71.8 Å². The molecule has 1 aliphatic heterocycles. The van der Waals surface area contributed by atoms with Gasteiger partial charge in [0.15, 0.2) is 11.6 Å². The van der Waals surface area contributed by atoms with Gasteiger partial charge in [-0.15, -0.1) is 0 Å². The molecule has 1 saturated heterocycles. The summed E-state index contributed by atoms with van der Waals surface area (Å²) in [5.74, 6) is -1.68. The lowest BCUT2D eigenvalue weighted by atomic mass is 10.1. The monoisotopic (exact) mass is 475 g/mol. The third-order valence-corrected chi connectivity index (χ3v) is 6.10. The number of pyridine rings is 1. The standard InChI is InChI=1S/C24H22FN7O3/c1-14-12-30(8-9-31(14)23(34)16-6-4-3-5-7-16)24(35)21(33)17-10-26-20-19(17)18(25)11-27-22(20)32-13-28-15(2)29-32/h3-7,10-11,13-14,26H,8-9,12H2,1-2H3/t14-/m1/s1. The predicted molar refractivity (Wildman–Crippen MR) is 124 cm³/mol. The van der Waals surface area contributed by atoms with Crippen molar-refractivity contribution < 1.29 is 18.8 Å². The number of rotatable bonds is 4. The molecule has 10 nitrogen and oxygen atoms in total. The summed E-state index contributed by atoms with van der Waals surface area (Å²) in [7, 11) is 0. The Bertz CT molecular complexity index is 1450. The molecule has 4 heterocycles. The second-order valence-corrected chi connectivity index (χ2v) is 8.41. The molecule has 0 aliphatic carbocycles. The maximum absolute atomic E-state index is 14.8. The molecule has 2 amide bonds. The smallest absolute Gasteiger partial charge is 0.295 e. The SMILES string of the molecule is Cc1ncn(-c2ncc(F)c3c(C(=O)C(=O)N4CCN(C(=O)c5ccccc5)[C@H](C)C4)c[nH]c23)n1. The van der Waals surface area contributed by atoms with Gasteiger partial charge in [-0.2, -0.15) is 5.10 Å². The number of carbonyl (C=O) groups is 3. The van der Waals surface area contributed by atoms with Crippen LogP contribution >= 0.6 is 0 Å². The number of hydrogen-bond donors (Lipinski definition) is 1. The molecule has 1 aliphatic rings. The molecule has 1 atom stereocenters. The van der Waals surface area contributed by atoms with Crippen LogP contribution in [0.1, 0.15) is 33.5 Å². The zero-order valence-corrected chi connectivity index (χ0v) is 19.1. The van der Waals surface area contributed by atoms with Gasteiger partial charge in [0.25, 0.3) is 17.6 Å². The Morgan fingerprint density at radius 3 is 2.57 bits per heavy atom. The van der Waals surface area contributed by atoms with Crippen LogP contribution in [-0.4, -0.2) is 77.8 Å². The average Bonchev–Trinajstić information content (AvgIpc) is 3.51. The van der Waals surface area contributed by atoms with Gasteiger partial charge in [0.2, 0.25) is 0 Å². The molecule has 35 heavy (non-hydrogen) atoms. The summed E-state index contributed by atoms with van der Waals surface area (Å²) in [5, 5.41) is 4.15. The van der Waals surface area contributed by atoms with Crippen LogP contribution in [0.2, 0.25) is 0 Å². The number of H-pyrrole nitrogens is 1. The Kier molecular flexibility index (Phi) is 5.59. The van der Waals surface area contributed by atoms with Crippen molar-refractivity contribution in [3.63, 3.8) is 0 Å². The number of nitrogens with zero attached hydrogens (tertiary/aromatic N) is 6. The maximum atomic E-state index is 14.8. The Morgan fingerprint density at radius 2 is 1.89 bits per heavy atom. The van der Waals surface area contributed by atoms with E-state index in [0.29, 0.717) is 11.4 Å². The maximum Gasteiger partial charge on any atom is 0.295 e. The Labute approximate surface area is 199 Å². The third-order valence-electron chi connectivity index (χ3n) is 6.10. The summed E-state index contributed by atoms with van der Waals surface area (Å²) in [5.41, 5.74) is 0.715. The molecular formula is C24H22FN7O3. The van der Waals surface area contributed by atoms with E-state index in [1.54, 1.807) is 36.1 Å². The molecule has 1 fully saturated rings. The summed E-state index contributed by atoms with van der Waals surface area (Å²) in [6.45, 7) is 4.21. The number of amides is 2. The Balaban J connectivity index is 1.37. The van der Waals surface area contributed by atoms with Crippen molar-refractivity contribution in [3.8, 4) is 5.82 Å². The van der Waals surface area contributed by atoms with Crippen LogP contribution in [0.15, 0.2) is 49.1 Å². The van der Waals surface area contributed by atoms with Crippen molar-refractivity contribution in [1.82, 2.24) is 34.5 Å². The summed E-state index contributed by atoms with van der Waals surface area (Å²) < 4.78 is 16.1. The molecule has 11 heteroatoms. The highest BCUT2D eigenvalue weighted by atomic mass is 19.1. The van der Waals surface area contributed by atoms with Gasteiger partial charge in [0.05, 0.1) is 22.7 Å². The lowest BCUT2D eigenvalue weighted by Crippen LogP contribution is -2.56. The highest BCUT2D eigenvalue weighted by Crippen LogP contribution is 2.26. The molecule has 0 bridgehead atoms. The number of aromatic amines is 1. The first kappa shape index (κ1) is 22.4. The normalized spacial score (nSPS) is 16.0. The van der Waals surface area contributed by atoms with E-state index in [2.05, 4.69) is 20.1 Å². The molecule has 0 spiro atoms. The van der Waals surface area contributed by atoms with Gasteiger partial charge in [-0.1, -0.05) is 18.2 Å². The topological polar surface area (TPSA) is 117 Å². The molecule has 0 radical (unpaired) electrons. The Hall–Kier alpha value is -4.41. The van der Waals surface area contributed by atoms with Gasteiger partial charge in [-0.25, -0.2) is 19.0 Å². The van der Waals surface area contributed by atoms with Crippen LogP contribution < -0.4 is 0 Å². The fourth-order valence-electron chi connectivity index (χ4n) is 4.34. The number of fused-ring (bicyclic) bond motifs is 1. The summed E-state index contributed by atoms with van der Waals surface area (Å²) >= 11 is 0. The first-order chi connectivity index (χ1) is 16.8. The minimum absolute atomic E-state index is 0.0348. The van der Waals surface area contributed by atoms with Crippen LogP contribution in [-0.2, 0) is 4.79 Å². The molecule has 0 unspecified atom stereocenters. The second-order valence-electron chi connectivity index (χ2n) is 8.41. The van der Waals surface area contributed by atoms with E-state index >= 15 is 0 Å². The fourth-order valence-corrected chi connectivity index (χ4v) is 4.34. The summed E-state index contributed by atoms with van der Waals surface area (Å²) in [6, 6.07) is 8.61. The van der Waals surface area contributed by atoms with Crippen molar-refractivity contribution in [2.75, 3.05) is 19.6 Å². The first-order valence-electron chi connectivity index (χ1n) is 11.1. The number of halogens is 1. The fraction of sp³-hybridized carbons (Fsp3) is 0.250. The number of Topliss-reactive ketones (excluding diaryl/α,β-unsaturated/α-hetero) is 1. The minimum Gasteiger partial charge on any atom is -0.357 e. The van der Waals surface area contributed by atoms with Crippen LogP contribution in [0.25, 0.3) is 16.7 Å². The molecular weight excluding hydrogens is 453 g/mol. The van der Waals surface area contributed by atoms with Crippen LogP contribution in [0.3, 0.4) is 0 Å². The number of ketones is 1. The van der Waals surface area contributed by atoms with Gasteiger partial charge >= 0.3 is 0 Å². The third kappa shape index (κ3) is 3.94. The molecule has 5 rings (SSSR count). The Morgan fingerprint density at radius 1 is 1.11 bits per heavy atom.